The molecule has 0 saturated heterocycles. The average Bonchev–Trinajstić information content (AvgIpc) is 3.21. The number of ketones is 1. The number of aromatic nitrogens is 1. The third-order valence-corrected chi connectivity index (χ3v) is 7.55. The molecule has 2 aromatic carbocycles. The van der Waals surface area contributed by atoms with Crippen LogP contribution in [0.2, 0.25) is 15.1 Å². The van der Waals surface area contributed by atoms with Gasteiger partial charge in [-0.15, -0.1) is 0 Å². The number of fused-ring (bicyclic) bond motifs is 1. The molecular weight excluding hydrogens is 527 g/mol. The van der Waals surface area contributed by atoms with Gasteiger partial charge >= 0.3 is 0 Å². The van der Waals surface area contributed by atoms with Crippen LogP contribution in [0.15, 0.2) is 66.9 Å². The van der Waals surface area contributed by atoms with Gasteiger partial charge in [0.1, 0.15) is 16.5 Å². The summed E-state index contributed by atoms with van der Waals surface area (Å²) in [6, 6.07) is 18.7. The second-order valence-corrected chi connectivity index (χ2v) is 10.1. The molecule has 37 heavy (non-hydrogen) atoms. The zero-order valence-corrected chi connectivity index (χ0v) is 23.4. The van der Waals surface area contributed by atoms with Gasteiger partial charge in [-0.1, -0.05) is 85.0 Å². The van der Waals surface area contributed by atoms with E-state index in [0.717, 1.165) is 50.0 Å². The van der Waals surface area contributed by atoms with Gasteiger partial charge in [0.05, 0.1) is 22.2 Å². The van der Waals surface area contributed by atoms with Crippen LogP contribution in [-0.4, -0.2) is 41.3 Å². The van der Waals surface area contributed by atoms with Crippen LogP contribution in [0.1, 0.15) is 49.2 Å². The van der Waals surface area contributed by atoms with Gasteiger partial charge in [-0.2, -0.15) is 0 Å². The van der Waals surface area contributed by atoms with E-state index >= 15 is 0 Å². The van der Waals surface area contributed by atoms with Crippen molar-refractivity contribution in [1.29, 1.82) is 0 Å². The highest BCUT2D eigenvalue weighted by Crippen LogP contribution is 2.41. The van der Waals surface area contributed by atoms with Crippen molar-refractivity contribution >= 4 is 46.1 Å². The SMILES string of the molecule is CCCN(CCC)CCCOc1ccc(C(=O)c2c(-c3ccccc3)c(Cl)c3ccccn23)c(Cl)c1Cl. The molecule has 4 rings (SSSR count). The molecule has 0 N–H and O–H groups in total. The number of benzene rings is 2. The normalized spacial score (nSPS) is 11.4. The molecule has 4 aromatic rings. The molecule has 0 atom stereocenters. The van der Waals surface area contributed by atoms with Crippen LogP contribution in [0, 0.1) is 0 Å². The van der Waals surface area contributed by atoms with Crippen LogP contribution in [0.5, 0.6) is 5.75 Å². The van der Waals surface area contributed by atoms with E-state index in [0.29, 0.717) is 34.2 Å². The largest absolute Gasteiger partial charge is 0.492 e. The van der Waals surface area contributed by atoms with Gasteiger partial charge in [-0.3, -0.25) is 4.79 Å². The number of ether oxygens (including phenoxy) is 1. The van der Waals surface area contributed by atoms with E-state index in [1.165, 1.54) is 0 Å². The van der Waals surface area contributed by atoms with Crippen molar-refractivity contribution in [2.24, 2.45) is 0 Å². The molecule has 4 nitrogen and oxygen atoms in total. The first-order valence-electron chi connectivity index (χ1n) is 12.7. The van der Waals surface area contributed by atoms with Gasteiger partial charge in [0, 0.05) is 23.9 Å². The fraction of sp³-hybridized carbons (Fsp3) is 0.300. The molecule has 0 radical (unpaired) electrons. The minimum Gasteiger partial charge on any atom is -0.492 e. The van der Waals surface area contributed by atoms with E-state index in [2.05, 4.69) is 18.7 Å². The van der Waals surface area contributed by atoms with Crippen LogP contribution < -0.4 is 4.74 Å². The first-order chi connectivity index (χ1) is 18.0. The van der Waals surface area contributed by atoms with Crippen LogP contribution in [0.25, 0.3) is 16.6 Å². The molecule has 0 spiro atoms. The topological polar surface area (TPSA) is 34.0 Å². The lowest BCUT2D eigenvalue weighted by molar-refractivity contribution is 0.103. The molecule has 0 aliphatic heterocycles. The van der Waals surface area contributed by atoms with Crippen molar-refractivity contribution in [2.75, 3.05) is 26.2 Å². The standard InChI is InChI=1S/C30H31Cl3N2O2/c1-3-16-34(17-4-2)18-10-20-37-24-15-14-22(26(31)28(24)33)30(36)29-25(21-11-6-5-7-12-21)27(32)23-13-8-9-19-35(23)29/h5-9,11-15,19H,3-4,10,16-18,20H2,1-2H3. The summed E-state index contributed by atoms with van der Waals surface area (Å²) < 4.78 is 7.76. The first-order valence-corrected chi connectivity index (χ1v) is 13.8. The number of nitrogens with zero attached hydrogens (tertiary/aromatic N) is 2. The number of carbonyl (C=O) groups is 1. The Morgan fingerprint density at radius 2 is 1.54 bits per heavy atom. The predicted molar refractivity (Wildman–Crippen MR) is 155 cm³/mol. The van der Waals surface area contributed by atoms with Crippen molar-refractivity contribution in [3.8, 4) is 16.9 Å². The maximum atomic E-state index is 13.9. The molecule has 0 aliphatic rings. The van der Waals surface area contributed by atoms with Crippen molar-refractivity contribution < 1.29 is 9.53 Å². The van der Waals surface area contributed by atoms with E-state index in [1.54, 1.807) is 16.5 Å². The maximum absolute atomic E-state index is 13.9. The Morgan fingerprint density at radius 1 is 0.838 bits per heavy atom. The number of halogens is 3. The van der Waals surface area contributed by atoms with Gasteiger partial charge in [-0.05, 0) is 62.2 Å². The van der Waals surface area contributed by atoms with Gasteiger partial charge in [0.2, 0.25) is 5.78 Å². The summed E-state index contributed by atoms with van der Waals surface area (Å²) >= 11 is 20.1. The summed E-state index contributed by atoms with van der Waals surface area (Å²) in [5, 5.41) is 0.918. The molecule has 0 amide bonds. The van der Waals surface area contributed by atoms with E-state index < -0.39 is 0 Å². The van der Waals surface area contributed by atoms with E-state index in [1.807, 2.05) is 54.7 Å². The maximum Gasteiger partial charge on any atom is 0.211 e. The molecule has 0 fully saturated rings. The minimum absolute atomic E-state index is 0.170. The lowest BCUT2D eigenvalue weighted by Gasteiger charge is -2.21. The summed E-state index contributed by atoms with van der Waals surface area (Å²) in [5.41, 5.74) is 2.99. The van der Waals surface area contributed by atoms with E-state index in [9.17, 15) is 4.79 Å². The zero-order chi connectivity index (χ0) is 26.4. The number of carbonyl (C=O) groups excluding carboxylic acids is 1. The highest BCUT2D eigenvalue weighted by Gasteiger charge is 2.27. The van der Waals surface area contributed by atoms with Crippen LogP contribution in [0.3, 0.4) is 0 Å². The highest BCUT2D eigenvalue weighted by atomic mass is 35.5. The molecule has 2 aromatic heterocycles. The molecule has 0 saturated carbocycles. The van der Waals surface area contributed by atoms with Crippen molar-refractivity contribution in [3.63, 3.8) is 0 Å². The zero-order valence-electron chi connectivity index (χ0n) is 21.1. The molecular formula is C30H31Cl3N2O2. The first kappa shape index (κ1) is 27.5. The van der Waals surface area contributed by atoms with Gasteiger partial charge in [0.25, 0.3) is 0 Å². The Bertz CT molecular complexity index is 1360. The van der Waals surface area contributed by atoms with Gasteiger partial charge < -0.3 is 14.0 Å². The van der Waals surface area contributed by atoms with E-state index in [-0.39, 0.29) is 15.8 Å². The second-order valence-electron chi connectivity index (χ2n) is 8.97. The van der Waals surface area contributed by atoms with Crippen LogP contribution in [0.4, 0.5) is 0 Å². The Labute approximate surface area is 233 Å². The molecule has 194 valence electrons. The monoisotopic (exact) mass is 556 g/mol. The highest BCUT2D eigenvalue weighted by molar-refractivity contribution is 6.45. The Hall–Kier alpha value is -2.50. The van der Waals surface area contributed by atoms with Crippen LogP contribution >= 0.6 is 34.8 Å². The number of hydrogen-bond donors (Lipinski definition) is 0. The number of pyridine rings is 1. The smallest absolute Gasteiger partial charge is 0.211 e. The third-order valence-electron chi connectivity index (χ3n) is 6.31. The number of rotatable bonds is 12. The number of hydrogen-bond acceptors (Lipinski definition) is 3. The van der Waals surface area contributed by atoms with Crippen molar-refractivity contribution in [3.05, 3.63) is 93.2 Å². The fourth-order valence-corrected chi connectivity index (χ4v) is 5.46. The van der Waals surface area contributed by atoms with Gasteiger partial charge in [0.15, 0.2) is 0 Å². The quantitative estimate of drug-likeness (QED) is 0.129. The average molecular weight is 558 g/mol. The Kier molecular flexibility index (Phi) is 9.55. The summed E-state index contributed by atoms with van der Waals surface area (Å²) in [6.07, 6.45) is 4.97. The third kappa shape index (κ3) is 5.99. The molecule has 0 aliphatic carbocycles. The fourth-order valence-electron chi connectivity index (χ4n) is 4.64. The Morgan fingerprint density at radius 3 is 2.24 bits per heavy atom. The van der Waals surface area contributed by atoms with Crippen molar-refractivity contribution in [2.45, 2.75) is 33.1 Å². The lowest BCUT2D eigenvalue weighted by Crippen LogP contribution is -2.27. The summed E-state index contributed by atoms with van der Waals surface area (Å²) in [5.74, 6) is 0.210. The molecule has 2 heterocycles. The van der Waals surface area contributed by atoms with Crippen molar-refractivity contribution in [1.82, 2.24) is 9.30 Å². The molecule has 7 heteroatoms. The predicted octanol–water partition coefficient (Wildman–Crippen LogP) is 8.69. The minimum atomic E-state index is -0.264. The van der Waals surface area contributed by atoms with Crippen LogP contribution in [-0.2, 0) is 0 Å². The Balaban J connectivity index is 1.61. The summed E-state index contributed by atoms with van der Waals surface area (Å²) in [4.78, 5) is 16.4. The lowest BCUT2D eigenvalue weighted by atomic mass is 10.00. The van der Waals surface area contributed by atoms with E-state index in [4.69, 9.17) is 39.5 Å². The molecule has 0 bridgehead atoms. The summed E-state index contributed by atoms with van der Waals surface area (Å²) in [7, 11) is 0. The second kappa shape index (κ2) is 12.8. The van der Waals surface area contributed by atoms with Gasteiger partial charge in [-0.25, -0.2) is 0 Å². The summed E-state index contributed by atoms with van der Waals surface area (Å²) in [6.45, 7) is 8.04. The molecule has 0 unspecified atom stereocenters.